The predicted octanol–water partition coefficient (Wildman–Crippen LogP) is 3.41. The summed E-state index contributed by atoms with van der Waals surface area (Å²) in [6, 6.07) is 7.51. The highest BCUT2D eigenvalue weighted by Crippen LogP contribution is 2.17. The maximum atomic E-state index is 5.65. The molecule has 0 aliphatic rings. The number of halogens is 2. The Balaban J connectivity index is 1.89. The lowest BCUT2D eigenvalue weighted by Gasteiger charge is -2.10. The van der Waals surface area contributed by atoms with Crippen LogP contribution in [-0.2, 0) is 28.4 Å². The first-order valence-corrected chi connectivity index (χ1v) is 13.9. The zero-order chi connectivity index (χ0) is 23.0. The molecule has 0 amide bonds. The number of hydrogen-bond donors (Lipinski definition) is 0. The Bertz CT molecular complexity index is 462. The molecule has 186 valence electrons. The summed E-state index contributed by atoms with van der Waals surface area (Å²) in [4.78, 5) is 0. The maximum absolute atomic E-state index is 5.65. The molecule has 1 aromatic carbocycles. The molecule has 0 fully saturated rings. The number of alkyl halides is 2. The highest BCUT2D eigenvalue weighted by molar-refractivity contribution is 14.1. The summed E-state index contributed by atoms with van der Waals surface area (Å²) in [6.45, 7) is 8.20. The molecule has 0 saturated carbocycles. The second-order valence-corrected chi connectivity index (χ2v) is 8.38. The van der Waals surface area contributed by atoms with Gasteiger partial charge in [-0.05, 0) is 24.3 Å². The molecule has 0 bridgehead atoms. The van der Waals surface area contributed by atoms with Crippen LogP contribution in [0, 0.1) is 0 Å². The Morgan fingerprint density at radius 3 is 0.906 bits per heavy atom. The number of rotatable bonds is 24. The monoisotopic (exact) mass is 682 g/mol. The summed E-state index contributed by atoms with van der Waals surface area (Å²) in [5, 5.41) is 0. The number of hydrogen-bond acceptors (Lipinski definition) is 8. The first kappa shape index (κ1) is 30.1. The summed E-state index contributed by atoms with van der Waals surface area (Å²) < 4.78 is 45.7. The Hall–Kier alpha value is 0.0400. The van der Waals surface area contributed by atoms with Crippen molar-refractivity contribution in [3.63, 3.8) is 0 Å². The van der Waals surface area contributed by atoms with Crippen LogP contribution in [0.3, 0.4) is 0 Å². The smallest absolute Gasteiger partial charge is 0.119 e. The average Bonchev–Trinajstić information content (AvgIpc) is 2.82. The molecule has 0 unspecified atom stereocenters. The van der Waals surface area contributed by atoms with Crippen molar-refractivity contribution in [2.45, 2.75) is 0 Å². The third-order valence-electron chi connectivity index (χ3n) is 3.75. The van der Waals surface area contributed by atoms with Gasteiger partial charge in [0.1, 0.15) is 24.7 Å². The SMILES string of the molecule is ICCOCCOCCOCCOc1ccc(OCCOCCOCCOCCI)cc1. The predicted molar refractivity (Wildman–Crippen MR) is 140 cm³/mol. The van der Waals surface area contributed by atoms with Gasteiger partial charge < -0.3 is 37.9 Å². The van der Waals surface area contributed by atoms with Crippen molar-refractivity contribution in [1.82, 2.24) is 0 Å². The van der Waals surface area contributed by atoms with E-state index in [-0.39, 0.29) is 0 Å². The van der Waals surface area contributed by atoms with E-state index in [2.05, 4.69) is 45.2 Å². The van der Waals surface area contributed by atoms with Crippen LogP contribution in [0.4, 0.5) is 0 Å². The molecule has 1 aromatic rings. The van der Waals surface area contributed by atoms with Crippen LogP contribution in [0.25, 0.3) is 0 Å². The summed E-state index contributed by atoms with van der Waals surface area (Å²) >= 11 is 4.56. The van der Waals surface area contributed by atoms with E-state index in [1.165, 1.54) is 0 Å². The topological polar surface area (TPSA) is 73.8 Å². The molecular weight excluding hydrogens is 646 g/mol. The minimum Gasteiger partial charge on any atom is -0.491 e. The summed E-state index contributed by atoms with van der Waals surface area (Å²) in [5.74, 6) is 1.56. The third kappa shape index (κ3) is 19.5. The van der Waals surface area contributed by atoms with E-state index < -0.39 is 0 Å². The van der Waals surface area contributed by atoms with E-state index in [9.17, 15) is 0 Å². The van der Waals surface area contributed by atoms with Gasteiger partial charge in [-0.15, -0.1) is 0 Å². The van der Waals surface area contributed by atoms with Crippen molar-refractivity contribution < 1.29 is 37.9 Å². The fourth-order valence-electron chi connectivity index (χ4n) is 2.26. The van der Waals surface area contributed by atoms with Crippen molar-refractivity contribution in [3.8, 4) is 11.5 Å². The standard InChI is InChI=1S/C22H36I2O8/c23-5-7-25-9-11-27-13-15-29-17-19-31-21-1-2-22(4-3-21)32-20-18-30-16-14-28-12-10-26-8-6-24/h1-4H,5-20H2. The molecule has 32 heavy (non-hydrogen) atoms. The van der Waals surface area contributed by atoms with E-state index in [1.54, 1.807) is 0 Å². The van der Waals surface area contributed by atoms with E-state index in [4.69, 9.17) is 37.9 Å². The van der Waals surface area contributed by atoms with Crippen molar-refractivity contribution in [1.29, 1.82) is 0 Å². The van der Waals surface area contributed by atoms with Gasteiger partial charge in [0.2, 0.25) is 0 Å². The van der Waals surface area contributed by atoms with Gasteiger partial charge in [-0.1, -0.05) is 45.2 Å². The van der Waals surface area contributed by atoms with Gasteiger partial charge in [0, 0.05) is 8.86 Å². The van der Waals surface area contributed by atoms with Crippen LogP contribution in [0.1, 0.15) is 0 Å². The lowest BCUT2D eigenvalue weighted by molar-refractivity contribution is 0.0118. The third-order valence-corrected chi connectivity index (χ3v) is 4.63. The molecule has 0 spiro atoms. The lowest BCUT2D eigenvalue weighted by atomic mass is 10.3. The number of ether oxygens (including phenoxy) is 8. The van der Waals surface area contributed by atoms with Gasteiger partial charge in [-0.25, -0.2) is 0 Å². The molecule has 1 rings (SSSR count). The van der Waals surface area contributed by atoms with Gasteiger partial charge >= 0.3 is 0 Å². The molecule has 0 radical (unpaired) electrons. The summed E-state index contributed by atoms with van der Waals surface area (Å²) in [5.41, 5.74) is 0. The second kappa shape index (κ2) is 24.2. The summed E-state index contributed by atoms with van der Waals surface area (Å²) in [6.07, 6.45) is 0. The van der Waals surface area contributed by atoms with Gasteiger partial charge in [-0.3, -0.25) is 0 Å². The van der Waals surface area contributed by atoms with Crippen molar-refractivity contribution in [2.24, 2.45) is 0 Å². The Kier molecular flexibility index (Phi) is 22.7. The fraction of sp³-hybridized carbons (Fsp3) is 0.727. The molecule has 0 aromatic heterocycles. The Morgan fingerprint density at radius 2 is 0.625 bits per heavy atom. The quantitative estimate of drug-likeness (QED) is 0.0935. The zero-order valence-corrected chi connectivity index (χ0v) is 23.0. The van der Waals surface area contributed by atoms with Crippen molar-refractivity contribution in [3.05, 3.63) is 24.3 Å². The minimum atomic E-state index is 0.485. The fourth-order valence-corrected chi connectivity index (χ4v) is 2.88. The largest absolute Gasteiger partial charge is 0.491 e. The van der Waals surface area contributed by atoms with Crippen LogP contribution in [0.5, 0.6) is 11.5 Å². The van der Waals surface area contributed by atoms with E-state index in [1.807, 2.05) is 24.3 Å². The Labute approximate surface area is 219 Å². The molecule has 0 N–H and O–H groups in total. The lowest BCUT2D eigenvalue weighted by Crippen LogP contribution is -2.13. The van der Waals surface area contributed by atoms with Crippen LogP contribution in [-0.4, -0.2) is 101 Å². The van der Waals surface area contributed by atoms with Gasteiger partial charge in [-0.2, -0.15) is 0 Å². The van der Waals surface area contributed by atoms with Crippen molar-refractivity contribution >= 4 is 45.2 Å². The van der Waals surface area contributed by atoms with Crippen LogP contribution in [0.2, 0.25) is 0 Å². The summed E-state index contributed by atoms with van der Waals surface area (Å²) in [7, 11) is 0. The first-order chi connectivity index (χ1) is 15.9. The zero-order valence-electron chi connectivity index (χ0n) is 18.6. The highest BCUT2D eigenvalue weighted by Gasteiger charge is 1.98. The van der Waals surface area contributed by atoms with E-state index >= 15 is 0 Å². The van der Waals surface area contributed by atoms with Gasteiger partial charge in [0.05, 0.1) is 79.3 Å². The van der Waals surface area contributed by atoms with E-state index in [0.717, 1.165) is 33.6 Å². The highest BCUT2D eigenvalue weighted by atomic mass is 127. The molecule has 8 nitrogen and oxygen atoms in total. The molecule has 0 aliphatic carbocycles. The Morgan fingerprint density at radius 1 is 0.375 bits per heavy atom. The molecule has 0 saturated heterocycles. The molecule has 0 heterocycles. The maximum Gasteiger partial charge on any atom is 0.119 e. The molecular formula is C22H36I2O8. The first-order valence-electron chi connectivity index (χ1n) is 10.8. The molecule has 10 heteroatoms. The van der Waals surface area contributed by atoms with Crippen LogP contribution < -0.4 is 9.47 Å². The molecule has 0 atom stereocenters. The van der Waals surface area contributed by atoms with Gasteiger partial charge in [0.25, 0.3) is 0 Å². The average molecular weight is 682 g/mol. The van der Waals surface area contributed by atoms with E-state index in [0.29, 0.717) is 79.3 Å². The molecule has 0 aliphatic heterocycles. The van der Waals surface area contributed by atoms with Crippen LogP contribution >= 0.6 is 45.2 Å². The van der Waals surface area contributed by atoms with Crippen molar-refractivity contribution in [2.75, 3.05) is 101 Å². The minimum absolute atomic E-state index is 0.485. The second-order valence-electron chi connectivity index (χ2n) is 6.22. The number of benzene rings is 1. The van der Waals surface area contributed by atoms with Gasteiger partial charge in [0.15, 0.2) is 0 Å². The van der Waals surface area contributed by atoms with Crippen LogP contribution in [0.15, 0.2) is 24.3 Å². The normalized spacial score (nSPS) is 11.1.